The predicted molar refractivity (Wildman–Crippen MR) is 130 cm³/mol. The lowest BCUT2D eigenvalue weighted by molar-refractivity contribution is 0.0531. The zero-order chi connectivity index (χ0) is 23.9. The normalized spacial score (nSPS) is 15.2. The molecule has 1 saturated heterocycles. The molecule has 0 aliphatic carbocycles. The number of nitrogens with zero attached hydrogens (tertiary/aromatic N) is 4. The summed E-state index contributed by atoms with van der Waals surface area (Å²) in [5, 5.41) is 0.833. The Morgan fingerprint density at radius 1 is 1.09 bits per heavy atom. The number of esters is 1. The van der Waals surface area contributed by atoms with Crippen LogP contribution in [-0.4, -0.2) is 61.4 Å². The van der Waals surface area contributed by atoms with Crippen molar-refractivity contribution in [3.05, 3.63) is 45.6 Å². The van der Waals surface area contributed by atoms with Crippen molar-refractivity contribution in [1.82, 2.24) is 14.3 Å². The maximum absolute atomic E-state index is 13.3. The number of fused-ring (bicyclic) bond motifs is 1. The smallest absolute Gasteiger partial charge is 0.348 e. The third-order valence-corrected chi connectivity index (χ3v) is 9.05. The number of sulfonamides is 1. The van der Waals surface area contributed by atoms with E-state index in [1.807, 2.05) is 39.8 Å². The molecule has 33 heavy (non-hydrogen) atoms. The highest BCUT2D eigenvalue weighted by Crippen LogP contribution is 2.36. The van der Waals surface area contributed by atoms with Gasteiger partial charge in [0.15, 0.2) is 0 Å². The summed E-state index contributed by atoms with van der Waals surface area (Å²) in [6, 6.07) is 5.41. The number of aryl methyl sites for hydroxylation is 4. The summed E-state index contributed by atoms with van der Waals surface area (Å²) < 4.78 is 33.2. The number of piperazine rings is 1. The number of hydrogen-bond acceptors (Lipinski definition) is 8. The van der Waals surface area contributed by atoms with Crippen LogP contribution in [0.4, 0.5) is 5.82 Å². The van der Waals surface area contributed by atoms with Gasteiger partial charge in [0, 0.05) is 26.2 Å². The van der Waals surface area contributed by atoms with Gasteiger partial charge in [-0.05, 0) is 51.8 Å². The van der Waals surface area contributed by atoms with Crippen molar-refractivity contribution in [3.63, 3.8) is 0 Å². The topological polar surface area (TPSA) is 92.7 Å². The zero-order valence-corrected chi connectivity index (χ0v) is 21.1. The Hall–Kier alpha value is -2.56. The van der Waals surface area contributed by atoms with E-state index in [1.165, 1.54) is 15.6 Å². The minimum absolute atomic E-state index is 0.307. The molecular weight excluding hydrogens is 460 g/mol. The Morgan fingerprint density at radius 2 is 1.79 bits per heavy atom. The summed E-state index contributed by atoms with van der Waals surface area (Å²) >= 11 is 1.31. The molecule has 2 aromatic heterocycles. The number of aromatic nitrogens is 2. The first-order chi connectivity index (χ1) is 15.6. The van der Waals surface area contributed by atoms with Crippen LogP contribution in [0.5, 0.6) is 0 Å². The van der Waals surface area contributed by atoms with Crippen LogP contribution in [0.1, 0.15) is 39.1 Å². The maximum Gasteiger partial charge on any atom is 0.348 e. The van der Waals surface area contributed by atoms with Crippen molar-refractivity contribution in [2.45, 2.75) is 39.5 Å². The SMILES string of the molecule is CCOC(=O)c1sc2nc(C)nc(N3CCN(S(=O)(=O)c4ccc(C)cc4C)CC3)c2c1C. The van der Waals surface area contributed by atoms with Gasteiger partial charge >= 0.3 is 5.97 Å². The van der Waals surface area contributed by atoms with Gasteiger partial charge in [0.25, 0.3) is 0 Å². The predicted octanol–water partition coefficient (Wildman–Crippen LogP) is 3.61. The minimum atomic E-state index is -3.57. The van der Waals surface area contributed by atoms with Crippen LogP contribution in [0.15, 0.2) is 23.1 Å². The molecule has 0 bridgehead atoms. The van der Waals surface area contributed by atoms with Crippen molar-refractivity contribution in [2.75, 3.05) is 37.7 Å². The maximum atomic E-state index is 13.3. The van der Waals surface area contributed by atoms with Gasteiger partial charge < -0.3 is 9.64 Å². The van der Waals surface area contributed by atoms with Gasteiger partial charge in [-0.2, -0.15) is 4.31 Å². The Balaban J connectivity index is 1.62. The number of anilines is 1. The van der Waals surface area contributed by atoms with Crippen molar-refractivity contribution in [3.8, 4) is 0 Å². The van der Waals surface area contributed by atoms with Gasteiger partial charge in [-0.25, -0.2) is 23.2 Å². The minimum Gasteiger partial charge on any atom is -0.462 e. The van der Waals surface area contributed by atoms with Crippen LogP contribution in [0.2, 0.25) is 0 Å². The van der Waals surface area contributed by atoms with Crippen LogP contribution in [0.3, 0.4) is 0 Å². The monoisotopic (exact) mass is 488 g/mol. The van der Waals surface area contributed by atoms with E-state index < -0.39 is 10.0 Å². The molecule has 0 N–H and O–H groups in total. The molecule has 3 heterocycles. The molecule has 1 aliphatic heterocycles. The van der Waals surface area contributed by atoms with Crippen molar-refractivity contribution >= 4 is 43.4 Å². The summed E-state index contributed by atoms with van der Waals surface area (Å²) in [7, 11) is -3.57. The van der Waals surface area contributed by atoms with Crippen LogP contribution < -0.4 is 4.90 Å². The molecule has 0 spiro atoms. The van der Waals surface area contributed by atoms with Gasteiger partial charge in [0.1, 0.15) is 21.3 Å². The molecule has 0 saturated carbocycles. The van der Waals surface area contributed by atoms with Crippen molar-refractivity contribution < 1.29 is 17.9 Å². The van der Waals surface area contributed by atoms with Gasteiger partial charge in [-0.15, -0.1) is 11.3 Å². The van der Waals surface area contributed by atoms with Crippen LogP contribution >= 0.6 is 11.3 Å². The molecule has 4 rings (SSSR count). The van der Waals surface area contributed by atoms with E-state index in [-0.39, 0.29) is 5.97 Å². The average Bonchev–Trinajstić information content (AvgIpc) is 3.09. The van der Waals surface area contributed by atoms with Gasteiger partial charge in [0.2, 0.25) is 10.0 Å². The van der Waals surface area contributed by atoms with E-state index in [0.29, 0.717) is 48.4 Å². The van der Waals surface area contributed by atoms with Crippen LogP contribution in [-0.2, 0) is 14.8 Å². The number of hydrogen-bond donors (Lipinski definition) is 0. The lowest BCUT2D eigenvalue weighted by Gasteiger charge is -2.35. The van der Waals surface area contributed by atoms with E-state index in [2.05, 4.69) is 14.9 Å². The van der Waals surface area contributed by atoms with E-state index in [1.54, 1.807) is 13.0 Å². The number of carbonyl (C=O) groups is 1. The van der Waals surface area contributed by atoms with E-state index in [4.69, 9.17) is 4.74 Å². The standard InChI is InChI=1S/C23H28N4O4S2/c1-6-31-23(28)20-16(4)19-21(24-17(5)25-22(19)32-20)26-9-11-27(12-10-26)33(29,30)18-8-7-14(2)13-15(18)3/h7-8,13H,6,9-12H2,1-5H3. The number of carbonyl (C=O) groups excluding carboxylic acids is 1. The molecule has 8 nitrogen and oxygen atoms in total. The Bertz CT molecular complexity index is 1330. The molecule has 3 aromatic rings. The first-order valence-corrected chi connectivity index (χ1v) is 13.2. The number of rotatable bonds is 5. The number of ether oxygens (including phenoxy) is 1. The Morgan fingerprint density at radius 3 is 2.42 bits per heavy atom. The Labute approximate surface area is 198 Å². The van der Waals surface area contributed by atoms with Crippen molar-refractivity contribution in [2.24, 2.45) is 0 Å². The van der Waals surface area contributed by atoms with Crippen LogP contribution in [0, 0.1) is 27.7 Å². The second kappa shape index (κ2) is 9.00. The molecule has 0 radical (unpaired) electrons. The third-order valence-electron chi connectivity index (χ3n) is 5.83. The zero-order valence-electron chi connectivity index (χ0n) is 19.5. The molecule has 0 unspecified atom stereocenters. The lowest BCUT2D eigenvalue weighted by atomic mass is 10.2. The molecule has 176 valence electrons. The highest BCUT2D eigenvalue weighted by Gasteiger charge is 2.31. The van der Waals surface area contributed by atoms with E-state index >= 15 is 0 Å². The van der Waals surface area contributed by atoms with Crippen LogP contribution in [0.25, 0.3) is 10.2 Å². The largest absolute Gasteiger partial charge is 0.462 e. The van der Waals surface area contributed by atoms with E-state index in [0.717, 1.165) is 32.7 Å². The quantitative estimate of drug-likeness (QED) is 0.507. The highest BCUT2D eigenvalue weighted by molar-refractivity contribution is 7.89. The summed E-state index contributed by atoms with van der Waals surface area (Å²) in [6.07, 6.45) is 0. The first kappa shape index (κ1) is 23.6. The molecule has 1 fully saturated rings. The fourth-order valence-electron chi connectivity index (χ4n) is 4.21. The molecular formula is C23H28N4O4S2. The second-order valence-electron chi connectivity index (χ2n) is 8.21. The summed E-state index contributed by atoms with van der Waals surface area (Å²) in [6.45, 7) is 11.3. The summed E-state index contributed by atoms with van der Waals surface area (Å²) in [5.41, 5.74) is 2.59. The molecule has 0 atom stereocenters. The second-order valence-corrected chi connectivity index (χ2v) is 11.1. The Kier molecular flexibility index (Phi) is 6.43. The van der Waals surface area contributed by atoms with Gasteiger partial charge in [-0.1, -0.05) is 17.7 Å². The summed E-state index contributed by atoms with van der Waals surface area (Å²) in [4.78, 5) is 25.3. The van der Waals surface area contributed by atoms with Gasteiger partial charge in [0.05, 0.1) is 16.9 Å². The van der Waals surface area contributed by atoms with Gasteiger partial charge in [-0.3, -0.25) is 0 Å². The number of thiophene rings is 1. The first-order valence-electron chi connectivity index (χ1n) is 10.9. The van der Waals surface area contributed by atoms with Crippen molar-refractivity contribution in [1.29, 1.82) is 0 Å². The lowest BCUT2D eigenvalue weighted by Crippen LogP contribution is -2.49. The fourth-order valence-corrected chi connectivity index (χ4v) is 6.95. The molecule has 10 heteroatoms. The third kappa shape index (κ3) is 4.34. The molecule has 1 aliphatic rings. The summed E-state index contributed by atoms with van der Waals surface area (Å²) in [5.74, 6) is 0.996. The molecule has 0 amide bonds. The fraction of sp³-hybridized carbons (Fsp3) is 0.435. The van der Waals surface area contributed by atoms with E-state index in [9.17, 15) is 13.2 Å². The number of benzene rings is 1. The molecule has 1 aromatic carbocycles. The average molecular weight is 489 g/mol. The highest BCUT2D eigenvalue weighted by atomic mass is 32.2.